The quantitative estimate of drug-likeness (QED) is 0.316. The van der Waals surface area contributed by atoms with Crippen molar-refractivity contribution in [2.75, 3.05) is 46.8 Å². The van der Waals surface area contributed by atoms with Crippen molar-refractivity contribution in [3.63, 3.8) is 0 Å². The maximum absolute atomic E-state index is 10.8. The number of carbonyl (C=O) groups excluding carboxylic acids is 1. The van der Waals surface area contributed by atoms with Crippen LogP contribution in [0.25, 0.3) is 0 Å². The molecule has 0 aliphatic carbocycles. The van der Waals surface area contributed by atoms with E-state index in [-0.39, 0.29) is 5.97 Å². The zero-order valence-electron chi connectivity index (χ0n) is 9.94. The van der Waals surface area contributed by atoms with E-state index in [2.05, 4.69) is 0 Å². The van der Waals surface area contributed by atoms with Crippen molar-refractivity contribution < 1.29 is 23.7 Å². The summed E-state index contributed by atoms with van der Waals surface area (Å²) in [6.45, 7) is 4.71. The molecule has 0 radical (unpaired) electrons. The molecule has 16 heavy (non-hydrogen) atoms. The molecule has 0 heterocycles. The maximum Gasteiger partial charge on any atom is 0.330 e. The summed E-state index contributed by atoms with van der Waals surface area (Å²) >= 11 is 0. The molecule has 5 heteroatoms. The van der Waals surface area contributed by atoms with Crippen LogP contribution in [0, 0.1) is 0 Å². The zero-order chi connectivity index (χ0) is 12.1. The van der Waals surface area contributed by atoms with Gasteiger partial charge in [-0.05, 0) is 6.92 Å². The molecule has 0 aromatic heterocycles. The van der Waals surface area contributed by atoms with Gasteiger partial charge in [0.25, 0.3) is 0 Å². The smallest absolute Gasteiger partial charge is 0.330 e. The molecule has 0 aromatic carbocycles. The average molecular weight is 232 g/mol. The van der Waals surface area contributed by atoms with Gasteiger partial charge in [0, 0.05) is 13.2 Å². The van der Waals surface area contributed by atoms with E-state index in [9.17, 15) is 4.79 Å². The van der Waals surface area contributed by atoms with Crippen LogP contribution in [0.4, 0.5) is 0 Å². The molecule has 5 nitrogen and oxygen atoms in total. The summed E-state index contributed by atoms with van der Waals surface area (Å²) in [5.74, 6) is -0.345. The van der Waals surface area contributed by atoms with Gasteiger partial charge in [0.2, 0.25) is 0 Å². The second-order valence-electron chi connectivity index (χ2n) is 2.83. The van der Waals surface area contributed by atoms with Gasteiger partial charge < -0.3 is 18.9 Å². The van der Waals surface area contributed by atoms with Gasteiger partial charge in [0.05, 0.1) is 39.6 Å². The van der Waals surface area contributed by atoms with Crippen molar-refractivity contribution in [2.24, 2.45) is 0 Å². The van der Waals surface area contributed by atoms with E-state index in [1.54, 1.807) is 20.1 Å². The van der Waals surface area contributed by atoms with Gasteiger partial charge in [-0.25, -0.2) is 4.79 Å². The molecule has 0 spiro atoms. The summed E-state index contributed by atoms with van der Waals surface area (Å²) in [4.78, 5) is 10.8. The second kappa shape index (κ2) is 12.2. The fraction of sp³-hybridized carbons (Fsp3) is 0.727. The predicted molar refractivity (Wildman–Crippen MR) is 59.3 cm³/mol. The standard InChI is InChI=1S/C11H20O5/c1-3-16-11(12)5-4-6-14-9-10-15-8-7-13-2/h4-5H,3,6-10H2,1-2H3/b5-4+. The highest BCUT2D eigenvalue weighted by Crippen LogP contribution is 1.84. The summed E-state index contributed by atoms with van der Waals surface area (Å²) in [6.07, 6.45) is 2.97. The van der Waals surface area contributed by atoms with Crippen LogP contribution in [-0.4, -0.2) is 52.7 Å². The van der Waals surface area contributed by atoms with Crippen molar-refractivity contribution in [3.05, 3.63) is 12.2 Å². The molecule has 0 unspecified atom stereocenters. The van der Waals surface area contributed by atoms with E-state index in [1.165, 1.54) is 6.08 Å². The molecule has 0 saturated carbocycles. The minimum atomic E-state index is -0.345. The number of rotatable bonds is 10. The summed E-state index contributed by atoms with van der Waals surface area (Å²) in [6, 6.07) is 0. The van der Waals surface area contributed by atoms with Crippen molar-refractivity contribution in [1.82, 2.24) is 0 Å². The third-order valence-electron chi connectivity index (χ3n) is 1.56. The van der Waals surface area contributed by atoms with Gasteiger partial charge in [-0.1, -0.05) is 6.08 Å². The Kier molecular flexibility index (Phi) is 11.5. The van der Waals surface area contributed by atoms with Gasteiger partial charge in [0.15, 0.2) is 0 Å². The molecule has 0 atom stereocenters. The van der Waals surface area contributed by atoms with Crippen LogP contribution >= 0.6 is 0 Å². The molecule has 0 aliphatic rings. The Hall–Kier alpha value is -0.910. The van der Waals surface area contributed by atoms with Crippen LogP contribution < -0.4 is 0 Å². The number of hydrogen-bond donors (Lipinski definition) is 0. The highest BCUT2D eigenvalue weighted by atomic mass is 16.5. The number of esters is 1. The molecule has 0 amide bonds. The lowest BCUT2D eigenvalue weighted by Crippen LogP contribution is -2.08. The van der Waals surface area contributed by atoms with Gasteiger partial charge in [-0.3, -0.25) is 0 Å². The molecule has 0 saturated heterocycles. The van der Waals surface area contributed by atoms with Crippen molar-refractivity contribution in [3.8, 4) is 0 Å². The summed E-state index contributed by atoms with van der Waals surface area (Å²) < 4.78 is 19.9. The lowest BCUT2D eigenvalue weighted by Gasteiger charge is -2.03. The summed E-state index contributed by atoms with van der Waals surface area (Å²) in [5.41, 5.74) is 0. The number of carbonyl (C=O) groups is 1. The molecule has 0 fully saturated rings. The molecule has 0 N–H and O–H groups in total. The molecular weight excluding hydrogens is 212 g/mol. The van der Waals surface area contributed by atoms with Gasteiger partial charge in [0.1, 0.15) is 0 Å². The Morgan fingerprint density at radius 3 is 2.50 bits per heavy atom. The SMILES string of the molecule is CCOC(=O)/C=C/COCCOCCOC. The largest absolute Gasteiger partial charge is 0.463 e. The van der Waals surface area contributed by atoms with E-state index in [0.29, 0.717) is 39.6 Å². The highest BCUT2D eigenvalue weighted by Gasteiger charge is 1.92. The van der Waals surface area contributed by atoms with Crippen molar-refractivity contribution in [1.29, 1.82) is 0 Å². The molecule has 94 valence electrons. The van der Waals surface area contributed by atoms with Crippen molar-refractivity contribution >= 4 is 5.97 Å². The fourth-order valence-electron chi connectivity index (χ4n) is 0.848. The van der Waals surface area contributed by atoms with E-state index in [0.717, 1.165) is 0 Å². The number of ether oxygens (including phenoxy) is 4. The van der Waals surface area contributed by atoms with Gasteiger partial charge in [-0.15, -0.1) is 0 Å². The highest BCUT2D eigenvalue weighted by molar-refractivity contribution is 5.81. The van der Waals surface area contributed by atoms with Crippen LogP contribution in [-0.2, 0) is 23.7 Å². The summed E-state index contributed by atoms with van der Waals surface area (Å²) in [5, 5.41) is 0. The first-order chi connectivity index (χ1) is 7.81. The Bertz CT molecular complexity index is 191. The third-order valence-corrected chi connectivity index (χ3v) is 1.56. The van der Waals surface area contributed by atoms with Gasteiger partial charge in [-0.2, -0.15) is 0 Å². The first-order valence-electron chi connectivity index (χ1n) is 5.29. The van der Waals surface area contributed by atoms with Crippen LogP contribution in [0.1, 0.15) is 6.92 Å². The minimum Gasteiger partial charge on any atom is -0.463 e. The minimum absolute atomic E-state index is 0.345. The first-order valence-corrected chi connectivity index (χ1v) is 5.29. The van der Waals surface area contributed by atoms with E-state index < -0.39 is 0 Å². The molecule has 0 rings (SSSR count). The molecular formula is C11H20O5. The zero-order valence-corrected chi connectivity index (χ0v) is 9.94. The summed E-state index contributed by atoms with van der Waals surface area (Å²) in [7, 11) is 1.63. The van der Waals surface area contributed by atoms with Gasteiger partial charge >= 0.3 is 5.97 Å². The van der Waals surface area contributed by atoms with E-state index >= 15 is 0 Å². The molecule has 0 aromatic rings. The predicted octanol–water partition coefficient (Wildman–Crippen LogP) is 0.785. The molecule has 0 bridgehead atoms. The monoisotopic (exact) mass is 232 g/mol. The topological polar surface area (TPSA) is 54.0 Å². The Morgan fingerprint density at radius 1 is 1.12 bits per heavy atom. The average Bonchev–Trinajstić information content (AvgIpc) is 2.27. The lowest BCUT2D eigenvalue weighted by molar-refractivity contribution is -0.137. The Labute approximate surface area is 96.3 Å². The fourth-order valence-corrected chi connectivity index (χ4v) is 0.848. The normalized spacial score (nSPS) is 10.9. The van der Waals surface area contributed by atoms with Crippen molar-refractivity contribution in [2.45, 2.75) is 6.92 Å². The first kappa shape index (κ1) is 15.1. The Morgan fingerprint density at radius 2 is 1.81 bits per heavy atom. The maximum atomic E-state index is 10.8. The van der Waals surface area contributed by atoms with Crippen LogP contribution in [0.5, 0.6) is 0 Å². The van der Waals surface area contributed by atoms with Crippen LogP contribution in [0.3, 0.4) is 0 Å². The van der Waals surface area contributed by atoms with Crippen LogP contribution in [0.2, 0.25) is 0 Å². The molecule has 0 aliphatic heterocycles. The van der Waals surface area contributed by atoms with E-state index in [1.807, 2.05) is 0 Å². The third kappa shape index (κ3) is 11.2. The number of hydrogen-bond acceptors (Lipinski definition) is 5. The lowest BCUT2D eigenvalue weighted by atomic mass is 10.5. The Balaban J connectivity index is 3.17. The second-order valence-corrected chi connectivity index (χ2v) is 2.83. The number of methoxy groups -OCH3 is 1. The van der Waals surface area contributed by atoms with Crippen LogP contribution in [0.15, 0.2) is 12.2 Å². The van der Waals surface area contributed by atoms with E-state index in [4.69, 9.17) is 18.9 Å².